The van der Waals surface area contributed by atoms with Gasteiger partial charge in [-0.1, -0.05) is 31.0 Å². The molecule has 25 heavy (non-hydrogen) atoms. The first-order valence-corrected chi connectivity index (χ1v) is 10.8. The molecular weight excluding hydrogens is 334 g/mol. The number of nitrogens with one attached hydrogen (secondary N) is 1. The van der Waals surface area contributed by atoms with Crippen LogP contribution in [0.15, 0.2) is 30.3 Å². The average molecular weight is 362 g/mol. The van der Waals surface area contributed by atoms with Crippen molar-refractivity contribution in [1.29, 1.82) is 0 Å². The minimum absolute atomic E-state index is 0.0264. The van der Waals surface area contributed by atoms with Gasteiger partial charge in [-0.2, -0.15) is 0 Å². The van der Waals surface area contributed by atoms with Crippen molar-refractivity contribution < 1.29 is 8.42 Å². The normalized spacial score (nSPS) is 21.4. The van der Waals surface area contributed by atoms with Crippen LogP contribution >= 0.6 is 0 Å². The first-order chi connectivity index (χ1) is 11.9. The van der Waals surface area contributed by atoms with Crippen LogP contribution in [0.1, 0.15) is 31.2 Å². The maximum atomic E-state index is 12.1. The molecule has 0 radical (unpaired) electrons. The summed E-state index contributed by atoms with van der Waals surface area (Å²) in [6.45, 7) is 0.653. The average Bonchev–Trinajstić information content (AvgIpc) is 2.58. The van der Waals surface area contributed by atoms with E-state index in [2.05, 4.69) is 22.4 Å². The molecule has 0 spiro atoms. The Morgan fingerprint density at radius 1 is 1.20 bits per heavy atom. The summed E-state index contributed by atoms with van der Waals surface area (Å²) in [6, 6.07) is 10.2. The number of para-hydroxylation sites is 1. The van der Waals surface area contributed by atoms with E-state index in [4.69, 9.17) is 0 Å². The van der Waals surface area contributed by atoms with Gasteiger partial charge in [0.25, 0.3) is 0 Å². The highest BCUT2D eigenvalue weighted by molar-refractivity contribution is 7.91. The lowest BCUT2D eigenvalue weighted by molar-refractivity contribution is 0.371. The number of pyridine rings is 1. The molecule has 0 aliphatic heterocycles. The summed E-state index contributed by atoms with van der Waals surface area (Å²) < 4.78 is 24.2. The second-order valence-electron chi connectivity index (χ2n) is 7.19. The maximum absolute atomic E-state index is 12.1. The molecule has 1 aromatic carbocycles. The van der Waals surface area contributed by atoms with Crippen LogP contribution in [0, 0.1) is 0 Å². The number of rotatable bonds is 5. The molecule has 1 fully saturated rings. The van der Waals surface area contributed by atoms with Crippen molar-refractivity contribution in [1.82, 2.24) is 10.3 Å². The lowest BCUT2D eigenvalue weighted by Gasteiger charge is -2.31. The van der Waals surface area contributed by atoms with Gasteiger partial charge in [-0.25, -0.2) is 13.4 Å². The van der Waals surface area contributed by atoms with E-state index in [1.807, 2.05) is 37.2 Å². The zero-order valence-corrected chi connectivity index (χ0v) is 16.0. The molecule has 1 saturated carbocycles. The van der Waals surface area contributed by atoms with E-state index in [-0.39, 0.29) is 11.3 Å². The first-order valence-electron chi connectivity index (χ1n) is 8.84. The molecule has 136 valence electrons. The fourth-order valence-electron chi connectivity index (χ4n) is 3.69. The van der Waals surface area contributed by atoms with E-state index >= 15 is 0 Å². The molecule has 6 heteroatoms. The highest BCUT2D eigenvalue weighted by Gasteiger charge is 2.32. The minimum Gasteiger partial charge on any atom is -0.363 e. The Kier molecular flexibility index (Phi) is 5.29. The molecule has 0 amide bonds. The lowest BCUT2D eigenvalue weighted by Crippen LogP contribution is -2.45. The van der Waals surface area contributed by atoms with Gasteiger partial charge in [0.15, 0.2) is 9.84 Å². The van der Waals surface area contributed by atoms with Gasteiger partial charge in [-0.05, 0) is 30.5 Å². The van der Waals surface area contributed by atoms with Crippen molar-refractivity contribution in [3.8, 4) is 0 Å². The smallest absolute Gasteiger partial charge is 0.151 e. The van der Waals surface area contributed by atoms with Gasteiger partial charge in [0.1, 0.15) is 5.82 Å². The monoisotopic (exact) mass is 361 g/mol. The zero-order valence-electron chi connectivity index (χ0n) is 15.2. The second-order valence-corrected chi connectivity index (χ2v) is 9.46. The Hall–Kier alpha value is -1.66. The molecule has 0 saturated heterocycles. The second kappa shape index (κ2) is 7.30. The van der Waals surface area contributed by atoms with Crippen LogP contribution in [-0.4, -0.2) is 45.0 Å². The Labute approximate surface area is 150 Å². The Morgan fingerprint density at radius 3 is 2.64 bits per heavy atom. The third-order valence-corrected chi connectivity index (χ3v) is 6.72. The fraction of sp³-hybridized carbons (Fsp3) is 0.526. The topological polar surface area (TPSA) is 62.3 Å². The molecule has 1 aliphatic rings. The standard InChI is InChI=1S/C19H27N3O2S/c1-22(2)19-12-14(15-8-4-5-9-16(15)21-19)13-20-17-10-6-7-11-18(17)25(3,23)24/h4-5,8-9,12,17-18,20H,6-7,10-11,13H2,1-3H3. The summed E-state index contributed by atoms with van der Waals surface area (Å²) in [5.41, 5.74) is 2.13. The third kappa shape index (κ3) is 4.12. The molecule has 2 unspecified atom stereocenters. The number of fused-ring (bicyclic) bond motifs is 1. The zero-order chi connectivity index (χ0) is 18.0. The van der Waals surface area contributed by atoms with Crippen LogP contribution in [0.5, 0.6) is 0 Å². The number of hydrogen-bond donors (Lipinski definition) is 1. The predicted octanol–water partition coefficient (Wildman–Crippen LogP) is 2.75. The van der Waals surface area contributed by atoms with Crippen molar-refractivity contribution in [2.45, 2.75) is 43.5 Å². The molecule has 1 heterocycles. The summed E-state index contributed by atoms with van der Waals surface area (Å²) in [5, 5.41) is 4.37. The number of sulfone groups is 1. The molecule has 0 bridgehead atoms. The molecule has 3 rings (SSSR count). The molecule has 2 atom stereocenters. The Bertz CT molecular complexity index is 849. The molecule has 1 aliphatic carbocycles. The SMILES string of the molecule is CN(C)c1cc(CNC2CCCCC2S(C)(=O)=O)c2ccccc2n1. The summed E-state index contributed by atoms with van der Waals surface area (Å²) >= 11 is 0. The van der Waals surface area contributed by atoms with E-state index in [0.717, 1.165) is 48.0 Å². The fourth-order valence-corrected chi connectivity index (χ4v) is 5.12. The molecule has 1 N–H and O–H groups in total. The van der Waals surface area contributed by atoms with E-state index in [1.54, 1.807) is 0 Å². The van der Waals surface area contributed by atoms with Crippen LogP contribution in [0.4, 0.5) is 5.82 Å². The minimum atomic E-state index is -3.03. The maximum Gasteiger partial charge on any atom is 0.151 e. The quantitative estimate of drug-likeness (QED) is 0.887. The summed E-state index contributed by atoms with van der Waals surface area (Å²) in [4.78, 5) is 6.68. The molecule has 2 aromatic rings. The highest BCUT2D eigenvalue weighted by Crippen LogP contribution is 2.26. The van der Waals surface area contributed by atoms with Crippen LogP contribution < -0.4 is 10.2 Å². The van der Waals surface area contributed by atoms with E-state index < -0.39 is 9.84 Å². The van der Waals surface area contributed by atoms with E-state index in [0.29, 0.717) is 6.54 Å². The van der Waals surface area contributed by atoms with Crippen LogP contribution in [-0.2, 0) is 16.4 Å². The van der Waals surface area contributed by atoms with Crippen molar-refractivity contribution in [2.75, 3.05) is 25.3 Å². The van der Waals surface area contributed by atoms with Gasteiger partial charge >= 0.3 is 0 Å². The van der Waals surface area contributed by atoms with Gasteiger partial charge in [-0.15, -0.1) is 0 Å². The van der Waals surface area contributed by atoms with Gasteiger partial charge < -0.3 is 10.2 Å². The number of hydrogen-bond acceptors (Lipinski definition) is 5. The van der Waals surface area contributed by atoms with Crippen LogP contribution in [0.2, 0.25) is 0 Å². The summed E-state index contributed by atoms with van der Waals surface area (Å²) in [7, 11) is 0.936. The molecule has 5 nitrogen and oxygen atoms in total. The van der Waals surface area contributed by atoms with Gasteiger partial charge in [0.2, 0.25) is 0 Å². The van der Waals surface area contributed by atoms with E-state index in [9.17, 15) is 8.42 Å². The van der Waals surface area contributed by atoms with Crippen LogP contribution in [0.3, 0.4) is 0 Å². The predicted molar refractivity (Wildman–Crippen MR) is 104 cm³/mol. The van der Waals surface area contributed by atoms with Crippen molar-refractivity contribution in [2.24, 2.45) is 0 Å². The molecule has 1 aromatic heterocycles. The summed E-state index contributed by atoms with van der Waals surface area (Å²) in [5.74, 6) is 0.916. The largest absolute Gasteiger partial charge is 0.363 e. The van der Waals surface area contributed by atoms with E-state index in [1.165, 1.54) is 6.26 Å². The van der Waals surface area contributed by atoms with Gasteiger partial charge in [-0.3, -0.25) is 0 Å². The number of anilines is 1. The van der Waals surface area contributed by atoms with Crippen molar-refractivity contribution >= 4 is 26.6 Å². The van der Waals surface area contributed by atoms with Crippen LogP contribution in [0.25, 0.3) is 10.9 Å². The lowest BCUT2D eigenvalue weighted by atomic mass is 9.94. The molecular formula is C19H27N3O2S. The first kappa shape index (κ1) is 18.1. The highest BCUT2D eigenvalue weighted by atomic mass is 32.2. The van der Waals surface area contributed by atoms with Gasteiger partial charge in [0.05, 0.1) is 10.8 Å². The number of aromatic nitrogens is 1. The number of nitrogens with zero attached hydrogens (tertiary/aromatic N) is 2. The Balaban J connectivity index is 1.87. The summed E-state index contributed by atoms with van der Waals surface area (Å²) in [6.07, 6.45) is 5.13. The third-order valence-electron chi connectivity index (χ3n) is 5.05. The van der Waals surface area contributed by atoms with Crippen molar-refractivity contribution in [3.05, 3.63) is 35.9 Å². The Morgan fingerprint density at radius 2 is 1.92 bits per heavy atom. The van der Waals surface area contributed by atoms with Crippen molar-refractivity contribution in [3.63, 3.8) is 0 Å². The van der Waals surface area contributed by atoms with Gasteiger partial charge in [0, 0.05) is 38.3 Å². The number of benzene rings is 1.